The molecule has 0 saturated heterocycles. The van der Waals surface area contributed by atoms with Gasteiger partial charge in [-0.2, -0.15) is 4.39 Å². The Morgan fingerprint density at radius 3 is 2.70 bits per heavy atom. The number of carboxylic acids is 1. The van der Waals surface area contributed by atoms with Crippen LogP contribution < -0.4 is 4.74 Å². The van der Waals surface area contributed by atoms with Crippen molar-refractivity contribution in [1.29, 1.82) is 0 Å². The summed E-state index contributed by atoms with van der Waals surface area (Å²) >= 11 is 0. The number of aryl methyl sites for hydroxylation is 1. The van der Waals surface area contributed by atoms with Gasteiger partial charge in [-0.1, -0.05) is 18.2 Å². The molecule has 0 aliphatic carbocycles. The van der Waals surface area contributed by atoms with Gasteiger partial charge in [-0.3, -0.25) is 4.79 Å². The first-order valence-corrected chi connectivity index (χ1v) is 15.4. The Labute approximate surface area is 249 Å². The van der Waals surface area contributed by atoms with Gasteiger partial charge in [0.1, 0.15) is 22.3 Å². The smallest absolute Gasteiger partial charge is 0.303 e. The van der Waals surface area contributed by atoms with E-state index in [1.165, 1.54) is 24.4 Å². The van der Waals surface area contributed by atoms with Crippen molar-refractivity contribution < 1.29 is 41.0 Å². The van der Waals surface area contributed by atoms with Crippen LogP contribution in [0, 0.1) is 17.5 Å². The SMILES string of the molecule is C[C@]1(c2cnc(-c3cc(Oc4c(F)c(F)c5[nH]ccc5c4S(C)(=O)=O)ccc3F)[nH]2)COCc2c(CCC(=O)O)cccc21. The Morgan fingerprint density at radius 1 is 1.16 bits per heavy atom. The number of carbonyl (C=O) groups is 1. The molecule has 1 aliphatic heterocycles. The maximum atomic E-state index is 15.2. The number of imidazole rings is 1. The minimum absolute atomic E-state index is 0.0275. The number of H-pyrrole nitrogens is 2. The molecule has 228 valence electrons. The molecule has 44 heavy (non-hydrogen) atoms. The van der Waals surface area contributed by atoms with Crippen LogP contribution in [-0.2, 0) is 37.8 Å². The molecule has 3 N–H and O–H groups in total. The minimum Gasteiger partial charge on any atom is -0.481 e. The Morgan fingerprint density at radius 2 is 1.95 bits per heavy atom. The number of aliphatic carboxylic acids is 1. The lowest BCUT2D eigenvalue weighted by molar-refractivity contribution is -0.136. The van der Waals surface area contributed by atoms with E-state index in [1.54, 1.807) is 6.20 Å². The van der Waals surface area contributed by atoms with Crippen molar-refractivity contribution in [2.24, 2.45) is 0 Å². The second kappa shape index (κ2) is 10.8. The minimum atomic E-state index is -4.10. The number of rotatable bonds is 8. The van der Waals surface area contributed by atoms with Gasteiger partial charge in [0, 0.05) is 36.2 Å². The van der Waals surface area contributed by atoms with Crippen molar-refractivity contribution in [2.45, 2.75) is 36.7 Å². The maximum absolute atomic E-state index is 15.2. The third-order valence-corrected chi connectivity index (χ3v) is 9.02. The van der Waals surface area contributed by atoms with E-state index in [4.69, 9.17) is 14.6 Å². The molecule has 0 fully saturated rings. The van der Waals surface area contributed by atoms with Crippen LogP contribution in [0.5, 0.6) is 11.5 Å². The highest BCUT2D eigenvalue weighted by atomic mass is 32.2. The van der Waals surface area contributed by atoms with Crippen molar-refractivity contribution >= 4 is 26.7 Å². The van der Waals surface area contributed by atoms with Gasteiger partial charge in [-0.25, -0.2) is 22.2 Å². The van der Waals surface area contributed by atoms with Crippen LogP contribution in [0.15, 0.2) is 59.8 Å². The number of fused-ring (bicyclic) bond motifs is 2. The van der Waals surface area contributed by atoms with E-state index in [9.17, 15) is 17.6 Å². The zero-order valence-electron chi connectivity index (χ0n) is 23.5. The number of sulfone groups is 1. The molecule has 13 heteroatoms. The highest BCUT2D eigenvalue weighted by Crippen LogP contribution is 2.42. The van der Waals surface area contributed by atoms with Crippen molar-refractivity contribution in [3.05, 3.63) is 94.7 Å². The van der Waals surface area contributed by atoms with E-state index in [0.29, 0.717) is 18.7 Å². The first-order chi connectivity index (χ1) is 20.9. The average Bonchev–Trinajstić information content (AvgIpc) is 3.66. The number of halogens is 3. The zero-order chi connectivity index (χ0) is 31.4. The van der Waals surface area contributed by atoms with Gasteiger partial charge in [-0.05, 0) is 54.3 Å². The Kier molecular flexibility index (Phi) is 7.25. The van der Waals surface area contributed by atoms with E-state index in [2.05, 4.69) is 15.0 Å². The molecule has 0 amide bonds. The van der Waals surface area contributed by atoms with Crippen LogP contribution in [0.3, 0.4) is 0 Å². The van der Waals surface area contributed by atoms with Gasteiger partial charge < -0.3 is 24.5 Å². The predicted molar refractivity (Wildman–Crippen MR) is 154 cm³/mol. The predicted octanol–water partition coefficient (Wildman–Crippen LogP) is 6.02. The summed E-state index contributed by atoms with van der Waals surface area (Å²) in [6.45, 7) is 2.52. The van der Waals surface area contributed by atoms with Crippen molar-refractivity contribution in [3.63, 3.8) is 0 Å². The topological polar surface area (TPSA) is 134 Å². The highest BCUT2D eigenvalue weighted by molar-refractivity contribution is 7.91. The van der Waals surface area contributed by atoms with E-state index in [1.807, 2.05) is 25.1 Å². The molecule has 0 unspecified atom stereocenters. The largest absolute Gasteiger partial charge is 0.481 e. The molecule has 0 bridgehead atoms. The van der Waals surface area contributed by atoms with Gasteiger partial charge in [0.25, 0.3) is 0 Å². The highest BCUT2D eigenvalue weighted by Gasteiger charge is 2.37. The molecule has 2 aromatic heterocycles. The van der Waals surface area contributed by atoms with Crippen molar-refractivity contribution in [1.82, 2.24) is 15.0 Å². The Hall–Kier alpha value is -4.62. The number of aromatic nitrogens is 3. The van der Waals surface area contributed by atoms with Gasteiger partial charge in [0.05, 0.1) is 29.7 Å². The van der Waals surface area contributed by atoms with Crippen molar-refractivity contribution in [2.75, 3.05) is 12.9 Å². The quantitative estimate of drug-likeness (QED) is 0.180. The van der Waals surface area contributed by atoms with E-state index < -0.39 is 49.3 Å². The van der Waals surface area contributed by atoms with Gasteiger partial charge >= 0.3 is 5.97 Å². The van der Waals surface area contributed by atoms with Gasteiger partial charge in [-0.15, -0.1) is 0 Å². The summed E-state index contributed by atoms with van der Waals surface area (Å²) in [5.74, 6) is -5.34. The third-order valence-electron chi connectivity index (χ3n) is 7.88. The summed E-state index contributed by atoms with van der Waals surface area (Å²) in [4.78, 5) is 20.6. The fourth-order valence-electron chi connectivity index (χ4n) is 5.69. The van der Waals surface area contributed by atoms with E-state index in [0.717, 1.165) is 29.0 Å². The molecule has 9 nitrogen and oxygen atoms in total. The summed E-state index contributed by atoms with van der Waals surface area (Å²) in [7, 11) is -4.10. The zero-order valence-corrected chi connectivity index (χ0v) is 24.3. The number of hydrogen-bond acceptors (Lipinski definition) is 6. The first kappa shape index (κ1) is 29.5. The number of benzene rings is 3. The molecular weight excluding hydrogens is 599 g/mol. The number of nitrogens with zero attached hydrogens (tertiary/aromatic N) is 1. The molecule has 0 spiro atoms. The number of hydrogen-bond donors (Lipinski definition) is 3. The van der Waals surface area contributed by atoms with Crippen LogP contribution in [0.2, 0.25) is 0 Å². The monoisotopic (exact) mass is 625 g/mol. The lowest BCUT2D eigenvalue weighted by atomic mass is 9.75. The summed E-state index contributed by atoms with van der Waals surface area (Å²) in [6, 6.07) is 10.4. The molecule has 0 radical (unpaired) electrons. The molecule has 1 atom stereocenters. The summed E-state index contributed by atoms with van der Waals surface area (Å²) in [5, 5.41) is 9.07. The van der Waals surface area contributed by atoms with Crippen molar-refractivity contribution in [3.8, 4) is 22.9 Å². The molecule has 5 aromatic rings. The van der Waals surface area contributed by atoms with E-state index in [-0.39, 0.29) is 41.1 Å². The summed E-state index contributed by atoms with van der Waals surface area (Å²) in [6.07, 6.45) is 3.99. The second-order valence-electron chi connectivity index (χ2n) is 10.9. The maximum Gasteiger partial charge on any atom is 0.303 e. The number of nitrogens with one attached hydrogen (secondary N) is 2. The number of ether oxygens (including phenoxy) is 2. The molecule has 0 saturated carbocycles. The molecule has 1 aliphatic rings. The normalized spacial score (nSPS) is 16.7. The van der Waals surface area contributed by atoms with Gasteiger partial charge in [0.2, 0.25) is 5.82 Å². The molecular formula is C31H26F3N3O6S. The lowest BCUT2D eigenvalue weighted by Gasteiger charge is -2.36. The second-order valence-corrected chi connectivity index (χ2v) is 12.8. The third kappa shape index (κ3) is 5.01. The fourth-order valence-corrected chi connectivity index (χ4v) is 6.73. The average molecular weight is 626 g/mol. The first-order valence-electron chi connectivity index (χ1n) is 13.5. The van der Waals surface area contributed by atoms with Gasteiger partial charge in [0.15, 0.2) is 21.4 Å². The number of carboxylic acid groups (broad SMARTS) is 1. The molecule has 3 aromatic carbocycles. The van der Waals surface area contributed by atoms with E-state index >= 15 is 8.78 Å². The Balaban J connectivity index is 1.38. The van der Waals surface area contributed by atoms with Crippen LogP contribution in [0.4, 0.5) is 13.2 Å². The summed E-state index contributed by atoms with van der Waals surface area (Å²) in [5.41, 5.74) is 2.14. The number of aromatic amines is 2. The fraction of sp³-hybridized carbons (Fsp3) is 0.226. The lowest BCUT2D eigenvalue weighted by Crippen LogP contribution is -2.35. The summed E-state index contributed by atoms with van der Waals surface area (Å²) < 4.78 is 81.9. The van der Waals surface area contributed by atoms with Crippen LogP contribution in [-0.4, -0.2) is 47.3 Å². The van der Waals surface area contributed by atoms with Crippen LogP contribution >= 0.6 is 0 Å². The Bertz CT molecular complexity index is 2060. The standard InChI is InChI=1S/C31H26F3N3O6S/c1-31(15-42-14-20-16(6-9-24(38)39)4-3-5-21(20)31)23-13-36-30(37-23)19-12-17(7-8-22(19)32)43-28-26(34)25(33)27-18(10-11-35-27)29(28)44(2,40)41/h3-5,7-8,10-13,35H,6,9,14-15H2,1-2H3,(H,36,37)(H,38,39)/t31-/m0/s1. The van der Waals surface area contributed by atoms with Crippen LogP contribution in [0.1, 0.15) is 35.7 Å². The molecule has 6 rings (SSSR count). The van der Waals surface area contributed by atoms with Crippen LogP contribution in [0.25, 0.3) is 22.3 Å². The molecule has 3 heterocycles.